The topological polar surface area (TPSA) is 93.9 Å². The van der Waals surface area contributed by atoms with Gasteiger partial charge in [0.1, 0.15) is 0 Å². The number of aromatic nitrogens is 2. The van der Waals surface area contributed by atoms with Crippen LogP contribution in [0.3, 0.4) is 0 Å². The first kappa shape index (κ1) is 20.6. The molecule has 1 saturated heterocycles. The summed E-state index contributed by atoms with van der Waals surface area (Å²) in [4.78, 5) is 25.1. The Morgan fingerprint density at radius 3 is 2.69 bits per heavy atom. The van der Waals surface area contributed by atoms with Gasteiger partial charge in [0.2, 0.25) is 0 Å². The minimum Gasteiger partial charge on any atom is -0.321 e. The summed E-state index contributed by atoms with van der Waals surface area (Å²) in [6.07, 6.45) is 2.25. The summed E-state index contributed by atoms with van der Waals surface area (Å²) in [5, 5.41) is 16.4. The summed E-state index contributed by atoms with van der Waals surface area (Å²) in [5.41, 5.74) is 5.15. The van der Waals surface area contributed by atoms with Crippen LogP contribution in [0.2, 0.25) is 0 Å². The highest BCUT2D eigenvalue weighted by atomic mass is 32.1. The average Bonchev–Trinajstić information content (AvgIpc) is 3.38. The summed E-state index contributed by atoms with van der Waals surface area (Å²) < 4.78 is 0. The number of thiazole rings is 1. The van der Waals surface area contributed by atoms with Crippen LogP contribution in [-0.4, -0.2) is 46.1 Å². The van der Waals surface area contributed by atoms with Crippen LogP contribution in [0.4, 0.5) is 9.93 Å². The maximum atomic E-state index is 13.0. The molecule has 2 N–H and O–H groups in total. The molecule has 1 aromatic carbocycles. The molecule has 0 radical (unpaired) electrons. The molecule has 1 spiro atoms. The number of hydrogen-bond acceptors (Lipinski definition) is 6. The highest BCUT2D eigenvalue weighted by molar-refractivity contribution is 7.19. The van der Waals surface area contributed by atoms with Crippen molar-refractivity contribution in [2.75, 3.05) is 25.0 Å². The quantitative estimate of drug-likeness (QED) is 0.627. The van der Waals surface area contributed by atoms with Crippen molar-refractivity contribution >= 4 is 22.5 Å². The number of benzene rings is 1. The van der Waals surface area contributed by atoms with Crippen LogP contribution in [-0.2, 0) is 0 Å². The fourth-order valence-electron chi connectivity index (χ4n) is 4.25. The standard InChI is InChI=1S/C24H24N6OS/c1-15-10-19(11-16(2)27-15)21-20(18-5-3-4-17(12-18)13-25)28-22(32-21)29-23(31)30-9-8-26-24(14-30)6-7-24/h3-5,10-12,26H,6-9,14H2,1-2H3,(H,28,29,31). The smallest absolute Gasteiger partial charge is 0.321 e. The van der Waals surface area contributed by atoms with Crippen molar-refractivity contribution in [1.82, 2.24) is 20.2 Å². The van der Waals surface area contributed by atoms with E-state index in [4.69, 9.17) is 4.98 Å². The van der Waals surface area contributed by atoms with Crippen molar-refractivity contribution in [2.24, 2.45) is 0 Å². The summed E-state index contributed by atoms with van der Waals surface area (Å²) in [7, 11) is 0. The van der Waals surface area contributed by atoms with Crippen molar-refractivity contribution in [3.05, 3.63) is 53.3 Å². The van der Waals surface area contributed by atoms with Crippen LogP contribution < -0.4 is 10.6 Å². The number of rotatable bonds is 3. The van der Waals surface area contributed by atoms with Gasteiger partial charge in [-0.05, 0) is 56.5 Å². The molecule has 3 aromatic rings. The second-order valence-corrected chi connectivity index (χ2v) is 9.59. The molecule has 2 amide bonds. The molecule has 32 heavy (non-hydrogen) atoms. The number of urea groups is 1. The van der Waals surface area contributed by atoms with Crippen molar-refractivity contribution in [3.8, 4) is 27.8 Å². The average molecular weight is 445 g/mol. The van der Waals surface area contributed by atoms with Gasteiger partial charge in [-0.3, -0.25) is 10.3 Å². The predicted molar refractivity (Wildman–Crippen MR) is 126 cm³/mol. The Morgan fingerprint density at radius 2 is 1.97 bits per heavy atom. The number of anilines is 1. The molecule has 0 bridgehead atoms. The fourth-order valence-corrected chi connectivity index (χ4v) is 5.22. The second-order valence-electron chi connectivity index (χ2n) is 8.59. The maximum Gasteiger partial charge on any atom is 0.323 e. The van der Waals surface area contributed by atoms with Gasteiger partial charge in [0.25, 0.3) is 0 Å². The zero-order valence-corrected chi connectivity index (χ0v) is 18.9. The van der Waals surface area contributed by atoms with Crippen LogP contribution in [0.1, 0.15) is 29.8 Å². The molecular formula is C24H24N6OS. The molecule has 162 valence electrons. The van der Waals surface area contributed by atoms with Crippen molar-refractivity contribution < 1.29 is 4.79 Å². The van der Waals surface area contributed by atoms with E-state index in [0.717, 1.165) is 59.0 Å². The molecular weight excluding hydrogens is 420 g/mol. The van der Waals surface area contributed by atoms with Gasteiger partial charge in [-0.25, -0.2) is 9.78 Å². The molecule has 2 aliphatic rings. The van der Waals surface area contributed by atoms with Crippen molar-refractivity contribution in [1.29, 1.82) is 5.26 Å². The highest BCUT2D eigenvalue weighted by Gasteiger charge is 2.46. The maximum absolute atomic E-state index is 13.0. The summed E-state index contributed by atoms with van der Waals surface area (Å²) >= 11 is 1.45. The van der Waals surface area contributed by atoms with E-state index in [-0.39, 0.29) is 11.6 Å². The van der Waals surface area contributed by atoms with E-state index >= 15 is 0 Å². The number of carbonyl (C=O) groups is 1. The normalized spacial score (nSPS) is 16.6. The van der Waals surface area contributed by atoms with Crippen LogP contribution in [0.5, 0.6) is 0 Å². The minimum atomic E-state index is -0.113. The van der Waals surface area contributed by atoms with Gasteiger partial charge in [-0.2, -0.15) is 5.26 Å². The van der Waals surface area contributed by atoms with Gasteiger partial charge in [0.15, 0.2) is 5.13 Å². The van der Waals surface area contributed by atoms with E-state index in [1.807, 2.05) is 49.1 Å². The van der Waals surface area contributed by atoms with Crippen LogP contribution in [0, 0.1) is 25.2 Å². The number of pyridine rings is 1. The Bertz CT molecular complexity index is 1220. The Morgan fingerprint density at radius 1 is 1.19 bits per heavy atom. The first-order valence-corrected chi connectivity index (χ1v) is 11.5. The number of nitrogens with one attached hydrogen (secondary N) is 2. The highest BCUT2D eigenvalue weighted by Crippen LogP contribution is 2.40. The van der Waals surface area contributed by atoms with E-state index in [2.05, 4.69) is 21.7 Å². The van der Waals surface area contributed by atoms with E-state index in [1.54, 1.807) is 6.07 Å². The molecule has 1 aliphatic carbocycles. The second kappa shape index (κ2) is 8.01. The number of hydrogen-bond donors (Lipinski definition) is 2. The van der Waals surface area contributed by atoms with Gasteiger partial charge < -0.3 is 10.2 Å². The number of carbonyl (C=O) groups excluding carboxylic acids is 1. The van der Waals surface area contributed by atoms with Gasteiger partial charge >= 0.3 is 6.03 Å². The third kappa shape index (κ3) is 4.09. The lowest BCUT2D eigenvalue weighted by Crippen LogP contribution is -2.55. The predicted octanol–water partition coefficient (Wildman–Crippen LogP) is 4.33. The molecule has 0 atom stereocenters. The Kier molecular flexibility index (Phi) is 5.16. The molecule has 1 saturated carbocycles. The monoisotopic (exact) mass is 444 g/mol. The molecule has 0 unspecified atom stereocenters. The van der Waals surface area contributed by atoms with Gasteiger partial charge in [0.05, 0.1) is 22.2 Å². The zero-order valence-electron chi connectivity index (χ0n) is 18.1. The molecule has 2 fully saturated rings. The summed E-state index contributed by atoms with van der Waals surface area (Å²) in [6, 6.07) is 13.5. The van der Waals surface area contributed by atoms with E-state index in [0.29, 0.717) is 17.2 Å². The van der Waals surface area contributed by atoms with Crippen LogP contribution >= 0.6 is 11.3 Å². The van der Waals surface area contributed by atoms with Crippen molar-refractivity contribution in [3.63, 3.8) is 0 Å². The third-order valence-corrected chi connectivity index (χ3v) is 6.99. The molecule has 3 heterocycles. The SMILES string of the molecule is Cc1cc(-c2sc(NC(=O)N3CCNC4(CC4)C3)nc2-c2cccc(C#N)c2)cc(C)n1. The Balaban J connectivity index is 1.50. The lowest BCUT2D eigenvalue weighted by atomic mass is 10.0. The van der Waals surface area contributed by atoms with E-state index < -0.39 is 0 Å². The Hall–Kier alpha value is -3.28. The molecule has 5 rings (SSSR count). The van der Waals surface area contributed by atoms with Crippen LogP contribution in [0.25, 0.3) is 21.7 Å². The van der Waals surface area contributed by atoms with E-state index in [1.165, 1.54) is 11.3 Å². The number of amides is 2. The number of aryl methyl sites for hydroxylation is 2. The molecule has 2 aromatic heterocycles. The lowest BCUT2D eigenvalue weighted by Gasteiger charge is -2.33. The van der Waals surface area contributed by atoms with E-state index in [9.17, 15) is 10.1 Å². The van der Waals surface area contributed by atoms with Gasteiger partial charge in [-0.1, -0.05) is 23.5 Å². The van der Waals surface area contributed by atoms with Gasteiger partial charge in [0, 0.05) is 42.1 Å². The zero-order chi connectivity index (χ0) is 22.3. The number of nitrogens with zero attached hydrogens (tertiary/aromatic N) is 4. The Labute approximate surface area is 191 Å². The minimum absolute atomic E-state index is 0.113. The summed E-state index contributed by atoms with van der Waals surface area (Å²) in [5.74, 6) is 0. The third-order valence-electron chi connectivity index (χ3n) is 5.97. The number of nitriles is 1. The molecule has 7 nitrogen and oxygen atoms in total. The van der Waals surface area contributed by atoms with Crippen LogP contribution in [0.15, 0.2) is 36.4 Å². The molecule has 8 heteroatoms. The molecule has 1 aliphatic heterocycles. The largest absolute Gasteiger partial charge is 0.323 e. The number of piperazine rings is 1. The fraction of sp³-hybridized carbons (Fsp3) is 0.333. The lowest BCUT2D eigenvalue weighted by molar-refractivity contribution is 0.185. The van der Waals surface area contributed by atoms with Crippen molar-refractivity contribution in [2.45, 2.75) is 32.2 Å². The first-order valence-electron chi connectivity index (χ1n) is 10.7. The van der Waals surface area contributed by atoms with Gasteiger partial charge in [-0.15, -0.1) is 0 Å². The first-order chi connectivity index (χ1) is 15.4. The summed E-state index contributed by atoms with van der Waals surface area (Å²) in [6.45, 7) is 6.17.